The maximum atomic E-state index is 11.8. The molecule has 1 rings (SSSR count). The average Bonchev–Trinajstić information content (AvgIpc) is 3.09. The van der Waals surface area contributed by atoms with Crippen molar-refractivity contribution in [2.75, 3.05) is 13.2 Å². The van der Waals surface area contributed by atoms with Crippen LogP contribution in [0.5, 0.6) is 0 Å². The van der Waals surface area contributed by atoms with Crippen molar-refractivity contribution in [3.63, 3.8) is 0 Å². The summed E-state index contributed by atoms with van der Waals surface area (Å²) in [6.07, 6.45) is 6.70. The van der Waals surface area contributed by atoms with E-state index in [1.165, 1.54) is 12.8 Å². The molecule has 0 radical (unpaired) electrons. The van der Waals surface area contributed by atoms with Crippen molar-refractivity contribution in [1.82, 2.24) is 0 Å². The number of rotatable bonds is 9. The molecule has 16 heavy (non-hydrogen) atoms. The van der Waals surface area contributed by atoms with E-state index < -0.39 is 0 Å². The Morgan fingerprint density at radius 1 is 1.31 bits per heavy atom. The van der Waals surface area contributed by atoms with Crippen LogP contribution in [-0.2, 0) is 14.3 Å². The highest BCUT2D eigenvalue weighted by Crippen LogP contribution is 2.18. The lowest BCUT2D eigenvalue weighted by atomic mass is 9.97. The van der Waals surface area contributed by atoms with Crippen molar-refractivity contribution in [2.45, 2.75) is 58.5 Å². The van der Waals surface area contributed by atoms with Gasteiger partial charge < -0.3 is 9.47 Å². The number of carbonyl (C=O) groups is 1. The van der Waals surface area contributed by atoms with Gasteiger partial charge in [-0.15, -0.1) is 0 Å². The lowest BCUT2D eigenvalue weighted by Gasteiger charge is -2.14. The SMILES string of the molecule is CCCCCC(CCC)C(=O)OCC1CO1. The zero-order valence-corrected chi connectivity index (χ0v) is 10.5. The molecule has 0 spiro atoms. The highest BCUT2D eigenvalue weighted by Gasteiger charge is 2.26. The smallest absolute Gasteiger partial charge is 0.309 e. The average molecular weight is 228 g/mol. The first-order valence-corrected chi connectivity index (χ1v) is 6.56. The van der Waals surface area contributed by atoms with Crippen molar-refractivity contribution in [3.8, 4) is 0 Å². The first-order valence-electron chi connectivity index (χ1n) is 6.56. The Labute approximate surface area is 98.5 Å². The van der Waals surface area contributed by atoms with Gasteiger partial charge in [-0.1, -0.05) is 39.5 Å². The van der Waals surface area contributed by atoms with Gasteiger partial charge in [-0.05, 0) is 12.8 Å². The number of esters is 1. The van der Waals surface area contributed by atoms with Crippen LogP contribution in [0, 0.1) is 5.92 Å². The van der Waals surface area contributed by atoms with Gasteiger partial charge in [0.25, 0.3) is 0 Å². The van der Waals surface area contributed by atoms with Crippen LogP contribution >= 0.6 is 0 Å². The van der Waals surface area contributed by atoms with Crippen LogP contribution in [0.2, 0.25) is 0 Å². The molecule has 0 aromatic rings. The molecule has 0 saturated carbocycles. The lowest BCUT2D eigenvalue weighted by Crippen LogP contribution is -2.20. The third kappa shape index (κ3) is 5.50. The summed E-state index contributed by atoms with van der Waals surface area (Å²) in [5.41, 5.74) is 0. The van der Waals surface area contributed by atoms with Crippen LogP contribution < -0.4 is 0 Å². The van der Waals surface area contributed by atoms with Crippen molar-refractivity contribution < 1.29 is 14.3 Å². The van der Waals surface area contributed by atoms with E-state index in [2.05, 4.69) is 13.8 Å². The summed E-state index contributed by atoms with van der Waals surface area (Å²) >= 11 is 0. The van der Waals surface area contributed by atoms with Crippen LogP contribution in [0.15, 0.2) is 0 Å². The highest BCUT2D eigenvalue weighted by molar-refractivity contribution is 5.72. The van der Waals surface area contributed by atoms with Gasteiger partial charge in [0.2, 0.25) is 0 Å². The second-order valence-electron chi connectivity index (χ2n) is 4.57. The molecular formula is C13H24O3. The molecule has 0 N–H and O–H groups in total. The molecule has 1 heterocycles. The topological polar surface area (TPSA) is 38.8 Å². The van der Waals surface area contributed by atoms with Crippen LogP contribution in [0.3, 0.4) is 0 Å². The van der Waals surface area contributed by atoms with E-state index in [1.54, 1.807) is 0 Å². The number of ether oxygens (including phenoxy) is 2. The maximum absolute atomic E-state index is 11.8. The van der Waals surface area contributed by atoms with Gasteiger partial charge >= 0.3 is 5.97 Å². The van der Waals surface area contributed by atoms with Gasteiger partial charge in [-0.2, -0.15) is 0 Å². The fourth-order valence-corrected chi connectivity index (χ4v) is 1.83. The maximum Gasteiger partial charge on any atom is 0.309 e. The summed E-state index contributed by atoms with van der Waals surface area (Å²) in [5, 5.41) is 0. The van der Waals surface area contributed by atoms with E-state index in [1.807, 2.05) is 0 Å². The Bertz CT molecular complexity index is 199. The molecule has 1 aliphatic rings. The zero-order chi connectivity index (χ0) is 11.8. The minimum absolute atomic E-state index is 0.0200. The van der Waals surface area contributed by atoms with E-state index in [4.69, 9.17) is 9.47 Å². The molecule has 2 unspecified atom stereocenters. The number of carbonyl (C=O) groups excluding carboxylic acids is 1. The fourth-order valence-electron chi connectivity index (χ4n) is 1.83. The van der Waals surface area contributed by atoms with Crippen LogP contribution in [-0.4, -0.2) is 25.3 Å². The van der Waals surface area contributed by atoms with Gasteiger partial charge in [0.1, 0.15) is 12.7 Å². The predicted molar refractivity (Wildman–Crippen MR) is 63.2 cm³/mol. The number of epoxide rings is 1. The Balaban J connectivity index is 2.19. The molecule has 1 saturated heterocycles. The zero-order valence-electron chi connectivity index (χ0n) is 10.5. The minimum Gasteiger partial charge on any atom is -0.463 e. The first-order chi connectivity index (χ1) is 7.77. The number of hydrogen-bond donors (Lipinski definition) is 0. The van der Waals surface area contributed by atoms with Crippen molar-refractivity contribution in [2.24, 2.45) is 5.92 Å². The fraction of sp³-hybridized carbons (Fsp3) is 0.923. The van der Waals surface area contributed by atoms with E-state index in [9.17, 15) is 4.79 Å². The van der Waals surface area contributed by atoms with E-state index in [0.29, 0.717) is 6.61 Å². The normalized spacial score (nSPS) is 20.5. The Kier molecular flexibility index (Phi) is 6.46. The summed E-state index contributed by atoms with van der Waals surface area (Å²) < 4.78 is 10.3. The molecule has 94 valence electrons. The standard InChI is InChI=1S/C13H24O3/c1-3-5-6-8-11(7-4-2)13(14)16-10-12-9-15-12/h11-12H,3-10H2,1-2H3. The molecule has 3 nitrogen and oxygen atoms in total. The van der Waals surface area contributed by atoms with Crippen LogP contribution in [0.4, 0.5) is 0 Å². The molecule has 0 aromatic heterocycles. The van der Waals surface area contributed by atoms with Crippen LogP contribution in [0.1, 0.15) is 52.4 Å². The lowest BCUT2D eigenvalue weighted by molar-refractivity contribution is -0.149. The summed E-state index contributed by atoms with van der Waals surface area (Å²) in [6.45, 7) is 5.50. The third-order valence-corrected chi connectivity index (χ3v) is 2.94. The largest absolute Gasteiger partial charge is 0.463 e. The van der Waals surface area contributed by atoms with Crippen molar-refractivity contribution >= 4 is 5.97 Å². The molecule has 0 amide bonds. The second kappa shape index (κ2) is 7.66. The quantitative estimate of drug-likeness (QED) is 0.346. The van der Waals surface area contributed by atoms with Crippen molar-refractivity contribution in [1.29, 1.82) is 0 Å². The minimum atomic E-state index is -0.0200. The van der Waals surface area contributed by atoms with Gasteiger partial charge in [-0.25, -0.2) is 0 Å². The molecule has 1 fully saturated rings. The van der Waals surface area contributed by atoms with Crippen LogP contribution in [0.25, 0.3) is 0 Å². The Morgan fingerprint density at radius 3 is 2.62 bits per heavy atom. The predicted octanol–water partition coefficient (Wildman–Crippen LogP) is 2.93. The van der Waals surface area contributed by atoms with Gasteiger partial charge in [-0.3, -0.25) is 4.79 Å². The monoisotopic (exact) mass is 228 g/mol. The third-order valence-electron chi connectivity index (χ3n) is 2.94. The molecule has 0 bridgehead atoms. The summed E-state index contributed by atoms with van der Waals surface area (Å²) in [4.78, 5) is 11.8. The summed E-state index contributed by atoms with van der Waals surface area (Å²) in [7, 11) is 0. The van der Waals surface area contributed by atoms with Crippen molar-refractivity contribution in [3.05, 3.63) is 0 Å². The summed E-state index contributed by atoms with van der Waals surface area (Å²) in [5.74, 6) is 0.0868. The highest BCUT2D eigenvalue weighted by atomic mass is 16.6. The number of unbranched alkanes of at least 4 members (excludes halogenated alkanes) is 2. The van der Waals surface area contributed by atoms with E-state index in [0.717, 1.165) is 32.3 Å². The second-order valence-corrected chi connectivity index (χ2v) is 4.57. The molecule has 2 atom stereocenters. The first kappa shape index (κ1) is 13.5. The summed E-state index contributed by atoms with van der Waals surface area (Å²) in [6, 6.07) is 0. The molecule has 1 aliphatic heterocycles. The van der Waals surface area contributed by atoms with E-state index >= 15 is 0 Å². The van der Waals surface area contributed by atoms with Gasteiger partial charge in [0.05, 0.1) is 12.5 Å². The molecule has 0 aromatic carbocycles. The molecule has 0 aliphatic carbocycles. The Hall–Kier alpha value is -0.570. The van der Waals surface area contributed by atoms with Gasteiger partial charge in [0.15, 0.2) is 0 Å². The Morgan fingerprint density at radius 2 is 2.06 bits per heavy atom. The molecule has 3 heteroatoms. The van der Waals surface area contributed by atoms with Gasteiger partial charge in [0, 0.05) is 0 Å². The molecular weight excluding hydrogens is 204 g/mol. The number of hydrogen-bond acceptors (Lipinski definition) is 3. The van der Waals surface area contributed by atoms with E-state index in [-0.39, 0.29) is 18.0 Å².